The summed E-state index contributed by atoms with van der Waals surface area (Å²) in [6.45, 7) is 8.10. The van der Waals surface area contributed by atoms with Crippen molar-refractivity contribution >= 4 is 0 Å². The predicted octanol–water partition coefficient (Wildman–Crippen LogP) is 2.89. The lowest BCUT2D eigenvalue weighted by Crippen LogP contribution is -2.59. The summed E-state index contributed by atoms with van der Waals surface area (Å²) in [4.78, 5) is 2.46. The van der Waals surface area contributed by atoms with Gasteiger partial charge in [-0.1, -0.05) is 20.8 Å². The molecule has 1 aliphatic carbocycles. The van der Waals surface area contributed by atoms with Gasteiger partial charge in [0.1, 0.15) is 0 Å². The van der Waals surface area contributed by atoms with Gasteiger partial charge in [0.2, 0.25) is 0 Å². The van der Waals surface area contributed by atoms with Crippen LogP contribution in [0.25, 0.3) is 0 Å². The van der Waals surface area contributed by atoms with Crippen LogP contribution in [0.4, 0.5) is 0 Å². The Morgan fingerprint density at radius 1 is 1.19 bits per heavy atom. The lowest BCUT2D eigenvalue weighted by Gasteiger charge is -2.46. The van der Waals surface area contributed by atoms with Gasteiger partial charge in [-0.2, -0.15) is 0 Å². The molecule has 0 amide bonds. The average Bonchev–Trinajstić information content (AvgIpc) is 3.08. The molecule has 0 bridgehead atoms. The first-order valence-electron chi connectivity index (χ1n) is 7.03. The summed E-state index contributed by atoms with van der Waals surface area (Å²) in [5.74, 6) is 0.925. The van der Waals surface area contributed by atoms with Crippen LogP contribution in [-0.4, -0.2) is 37.1 Å². The second kappa shape index (κ2) is 6.02. The number of nitrogens with one attached hydrogen (secondary N) is 1. The summed E-state index contributed by atoms with van der Waals surface area (Å²) in [6.07, 6.45) is 6.58. The van der Waals surface area contributed by atoms with E-state index in [1.807, 2.05) is 0 Å². The van der Waals surface area contributed by atoms with Crippen molar-refractivity contribution in [2.75, 3.05) is 20.6 Å². The zero-order chi connectivity index (χ0) is 12.2. The van der Waals surface area contributed by atoms with Gasteiger partial charge in [-0.25, -0.2) is 0 Å². The van der Waals surface area contributed by atoms with E-state index in [2.05, 4.69) is 45.1 Å². The molecule has 0 saturated heterocycles. The highest BCUT2D eigenvalue weighted by molar-refractivity contribution is 5.04. The summed E-state index contributed by atoms with van der Waals surface area (Å²) in [6, 6.07) is 0.692. The van der Waals surface area contributed by atoms with Gasteiger partial charge in [0.05, 0.1) is 0 Å². The van der Waals surface area contributed by atoms with Gasteiger partial charge in [0, 0.05) is 11.6 Å². The fourth-order valence-electron chi connectivity index (χ4n) is 3.13. The monoisotopic (exact) mass is 226 g/mol. The Morgan fingerprint density at radius 3 is 2.06 bits per heavy atom. The number of hydrogen-bond donors (Lipinski definition) is 1. The molecule has 0 aromatic rings. The molecule has 1 aliphatic rings. The third kappa shape index (κ3) is 2.78. The topological polar surface area (TPSA) is 15.3 Å². The van der Waals surface area contributed by atoms with E-state index in [4.69, 9.17) is 0 Å². The molecule has 1 saturated carbocycles. The average molecular weight is 226 g/mol. The van der Waals surface area contributed by atoms with Crippen molar-refractivity contribution in [3.8, 4) is 0 Å². The van der Waals surface area contributed by atoms with Crippen molar-refractivity contribution < 1.29 is 0 Å². The maximum atomic E-state index is 3.81. The molecule has 1 rings (SSSR count). The van der Waals surface area contributed by atoms with Crippen molar-refractivity contribution in [2.45, 2.75) is 64.5 Å². The molecule has 0 aliphatic heterocycles. The first-order chi connectivity index (χ1) is 7.62. The zero-order valence-electron chi connectivity index (χ0n) is 11.8. The zero-order valence-corrected chi connectivity index (χ0v) is 11.8. The molecule has 0 radical (unpaired) electrons. The van der Waals surface area contributed by atoms with Gasteiger partial charge in [-0.3, -0.25) is 0 Å². The molecule has 1 unspecified atom stereocenters. The van der Waals surface area contributed by atoms with E-state index < -0.39 is 0 Å². The van der Waals surface area contributed by atoms with Crippen LogP contribution in [0.2, 0.25) is 0 Å². The molecular weight excluding hydrogens is 196 g/mol. The molecule has 16 heavy (non-hydrogen) atoms. The Morgan fingerprint density at radius 2 is 1.75 bits per heavy atom. The van der Waals surface area contributed by atoms with Crippen molar-refractivity contribution in [1.82, 2.24) is 10.2 Å². The molecule has 0 spiro atoms. The van der Waals surface area contributed by atoms with Crippen LogP contribution in [0, 0.1) is 5.92 Å². The highest BCUT2D eigenvalue weighted by atomic mass is 15.2. The Bertz CT molecular complexity index is 193. The van der Waals surface area contributed by atoms with Gasteiger partial charge in [-0.15, -0.1) is 0 Å². The van der Waals surface area contributed by atoms with Crippen LogP contribution >= 0.6 is 0 Å². The number of likely N-dealkylation sites (N-methyl/N-ethyl adjacent to an activating group) is 1. The van der Waals surface area contributed by atoms with Crippen LogP contribution in [0.1, 0.15) is 52.9 Å². The summed E-state index contributed by atoms with van der Waals surface area (Å²) in [5, 5.41) is 3.81. The Balaban J connectivity index is 2.77. The number of nitrogens with zero attached hydrogens (tertiary/aromatic N) is 1. The predicted molar refractivity (Wildman–Crippen MR) is 71.8 cm³/mol. The van der Waals surface area contributed by atoms with Crippen LogP contribution in [-0.2, 0) is 0 Å². The Kier molecular flexibility index (Phi) is 5.26. The summed E-state index contributed by atoms with van der Waals surface area (Å²) >= 11 is 0. The highest BCUT2D eigenvalue weighted by Crippen LogP contribution is 2.41. The van der Waals surface area contributed by atoms with Crippen LogP contribution in [0.15, 0.2) is 0 Å². The Labute approximate surface area is 102 Å². The fraction of sp³-hybridized carbons (Fsp3) is 1.00. The fourth-order valence-corrected chi connectivity index (χ4v) is 3.13. The van der Waals surface area contributed by atoms with E-state index >= 15 is 0 Å². The first-order valence-corrected chi connectivity index (χ1v) is 7.03. The molecule has 1 N–H and O–H groups in total. The normalized spacial score (nSPS) is 19.1. The van der Waals surface area contributed by atoms with E-state index in [1.54, 1.807) is 0 Å². The van der Waals surface area contributed by atoms with E-state index in [1.165, 1.54) is 32.1 Å². The molecular formula is C14H30N2. The van der Waals surface area contributed by atoms with Crippen molar-refractivity contribution in [3.05, 3.63) is 0 Å². The van der Waals surface area contributed by atoms with Gasteiger partial charge in [0.25, 0.3) is 0 Å². The second-order valence-corrected chi connectivity index (χ2v) is 5.47. The minimum absolute atomic E-state index is 0.357. The maximum absolute atomic E-state index is 3.81. The van der Waals surface area contributed by atoms with E-state index in [0.29, 0.717) is 11.6 Å². The molecule has 1 atom stereocenters. The Hall–Kier alpha value is -0.0800. The van der Waals surface area contributed by atoms with Crippen molar-refractivity contribution in [1.29, 1.82) is 0 Å². The molecule has 0 aromatic carbocycles. The van der Waals surface area contributed by atoms with E-state index in [0.717, 1.165) is 12.5 Å². The molecule has 2 heteroatoms. The molecule has 96 valence electrons. The third-order valence-electron chi connectivity index (χ3n) is 4.40. The largest absolute Gasteiger partial charge is 0.312 e. The number of hydrogen-bond acceptors (Lipinski definition) is 2. The summed E-state index contributed by atoms with van der Waals surface area (Å²) < 4.78 is 0. The minimum atomic E-state index is 0.357. The van der Waals surface area contributed by atoms with Crippen molar-refractivity contribution in [2.24, 2.45) is 5.92 Å². The lowest BCUT2D eigenvalue weighted by atomic mass is 9.80. The molecule has 0 heterocycles. The quantitative estimate of drug-likeness (QED) is 0.684. The number of rotatable bonds is 8. The maximum Gasteiger partial charge on any atom is 0.0353 e. The summed E-state index contributed by atoms with van der Waals surface area (Å²) in [5.41, 5.74) is 0.357. The van der Waals surface area contributed by atoms with E-state index in [-0.39, 0.29) is 0 Å². The molecule has 0 aromatic heterocycles. The van der Waals surface area contributed by atoms with Crippen LogP contribution in [0.5, 0.6) is 0 Å². The lowest BCUT2D eigenvalue weighted by molar-refractivity contribution is 0.0781. The van der Waals surface area contributed by atoms with Crippen LogP contribution in [0.3, 0.4) is 0 Å². The van der Waals surface area contributed by atoms with Gasteiger partial charge in [0.15, 0.2) is 0 Å². The standard InChI is InChI=1S/C14H30N2/c1-6-11-15-13(12-9-10-12)14(7-2,8-3)16(4)5/h12-13,15H,6-11H2,1-5H3. The minimum Gasteiger partial charge on any atom is -0.312 e. The first kappa shape index (κ1) is 14.0. The molecule has 1 fully saturated rings. The van der Waals surface area contributed by atoms with Gasteiger partial charge < -0.3 is 10.2 Å². The summed E-state index contributed by atoms with van der Waals surface area (Å²) in [7, 11) is 4.49. The SMILES string of the molecule is CCCNC(C1CC1)C(CC)(CC)N(C)C. The molecule has 2 nitrogen and oxygen atoms in total. The van der Waals surface area contributed by atoms with Gasteiger partial charge >= 0.3 is 0 Å². The second-order valence-electron chi connectivity index (χ2n) is 5.47. The van der Waals surface area contributed by atoms with Crippen molar-refractivity contribution in [3.63, 3.8) is 0 Å². The van der Waals surface area contributed by atoms with Crippen LogP contribution < -0.4 is 5.32 Å². The smallest absolute Gasteiger partial charge is 0.0353 e. The third-order valence-corrected chi connectivity index (χ3v) is 4.40. The van der Waals surface area contributed by atoms with E-state index in [9.17, 15) is 0 Å². The van der Waals surface area contributed by atoms with Gasteiger partial charge in [-0.05, 0) is 58.7 Å². The highest BCUT2D eigenvalue weighted by Gasteiger charge is 2.45.